The number of hydrogen-bond donors (Lipinski definition) is 0. The standard InChI is InChI=1S/C21H28N2O3S/c1-16-6-5-7-19(12-16)15-22-8-10-23(11-9-22)27(24,25)21-17(2)13-20(26-4)14-18(21)3/h5-7,12-14H,8-11,15H2,1-4H3. The molecule has 0 radical (unpaired) electrons. The molecule has 2 aromatic carbocycles. The summed E-state index contributed by atoms with van der Waals surface area (Å²) in [5, 5.41) is 0. The van der Waals surface area contributed by atoms with Crippen LogP contribution in [0.5, 0.6) is 5.75 Å². The van der Waals surface area contributed by atoms with Crippen molar-refractivity contribution in [3.05, 3.63) is 58.7 Å². The Balaban J connectivity index is 1.72. The van der Waals surface area contributed by atoms with Gasteiger partial charge in [0.05, 0.1) is 12.0 Å². The van der Waals surface area contributed by atoms with E-state index in [4.69, 9.17) is 4.74 Å². The molecule has 0 aromatic heterocycles. The smallest absolute Gasteiger partial charge is 0.243 e. The molecule has 0 N–H and O–H groups in total. The van der Waals surface area contributed by atoms with Crippen LogP contribution in [-0.2, 0) is 16.6 Å². The molecule has 2 aromatic rings. The molecule has 0 atom stereocenters. The van der Waals surface area contributed by atoms with E-state index in [1.54, 1.807) is 23.5 Å². The van der Waals surface area contributed by atoms with Crippen molar-refractivity contribution in [2.24, 2.45) is 0 Å². The van der Waals surface area contributed by atoms with Gasteiger partial charge in [-0.2, -0.15) is 4.31 Å². The van der Waals surface area contributed by atoms with Crippen molar-refractivity contribution >= 4 is 10.0 Å². The number of nitrogens with zero attached hydrogens (tertiary/aromatic N) is 2. The van der Waals surface area contributed by atoms with Gasteiger partial charge in [-0.3, -0.25) is 4.90 Å². The first-order valence-corrected chi connectivity index (χ1v) is 10.7. The Hall–Kier alpha value is -1.89. The van der Waals surface area contributed by atoms with Crippen molar-refractivity contribution < 1.29 is 13.2 Å². The summed E-state index contributed by atoms with van der Waals surface area (Å²) in [6.45, 7) is 9.11. The normalized spacial score (nSPS) is 16.4. The lowest BCUT2D eigenvalue weighted by molar-refractivity contribution is 0.181. The van der Waals surface area contributed by atoms with Crippen molar-refractivity contribution in [3.8, 4) is 5.75 Å². The highest BCUT2D eigenvalue weighted by Gasteiger charge is 2.31. The van der Waals surface area contributed by atoms with Gasteiger partial charge in [-0.25, -0.2) is 8.42 Å². The van der Waals surface area contributed by atoms with Crippen LogP contribution in [0.3, 0.4) is 0 Å². The molecule has 1 fully saturated rings. The third-order valence-corrected chi connectivity index (χ3v) is 7.29. The summed E-state index contributed by atoms with van der Waals surface area (Å²) in [5.41, 5.74) is 3.98. The second-order valence-electron chi connectivity index (χ2n) is 7.26. The van der Waals surface area contributed by atoms with Crippen LogP contribution in [0.25, 0.3) is 0 Å². The maximum Gasteiger partial charge on any atom is 0.243 e. The van der Waals surface area contributed by atoms with Crippen LogP contribution in [0.4, 0.5) is 0 Å². The van der Waals surface area contributed by atoms with Crippen LogP contribution >= 0.6 is 0 Å². The number of rotatable bonds is 5. The zero-order valence-corrected chi connectivity index (χ0v) is 17.3. The molecule has 3 rings (SSSR count). The molecule has 0 aliphatic carbocycles. The summed E-state index contributed by atoms with van der Waals surface area (Å²) < 4.78 is 33.3. The van der Waals surface area contributed by atoms with Crippen molar-refractivity contribution in [1.29, 1.82) is 0 Å². The summed E-state index contributed by atoms with van der Waals surface area (Å²) in [7, 11) is -1.91. The van der Waals surface area contributed by atoms with Gasteiger partial charge in [-0.15, -0.1) is 0 Å². The van der Waals surface area contributed by atoms with E-state index in [0.717, 1.165) is 30.8 Å². The van der Waals surface area contributed by atoms with Gasteiger partial charge < -0.3 is 4.74 Å². The molecule has 0 spiro atoms. The average Bonchev–Trinajstić information content (AvgIpc) is 2.61. The van der Waals surface area contributed by atoms with E-state index in [-0.39, 0.29) is 0 Å². The third-order valence-electron chi connectivity index (χ3n) is 5.09. The molecule has 1 heterocycles. The largest absolute Gasteiger partial charge is 0.497 e. The second-order valence-corrected chi connectivity index (χ2v) is 9.13. The molecule has 1 saturated heterocycles. The summed E-state index contributed by atoms with van der Waals surface area (Å²) in [6.07, 6.45) is 0. The van der Waals surface area contributed by atoms with Crippen molar-refractivity contribution in [2.75, 3.05) is 33.3 Å². The van der Waals surface area contributed by atoms with E-state index in [1.165, 1.54) is 11.1 Å². The van der Waals surface area contributed by atoms with E-state index in [1.807, 2.05) is 13.8 Å². The second kappa shape index (κ2) is 8.00. The Kier molecular flexibility index (Phi) is 5.89. The highest BCUT2D eigenvalue weighted by atomic mass is 32.2. The molecule has 0 bridgehead atoms. The van der Waals surface area contributed by atoms with Crippen molar-refractivity contribution in [3.63, 3.8) is 0 Å². The SMILES string of the molecule is COc1cc(C)c(S(=O)(=O)N2CCN(Cc3cccc(C)c3)CC2)c(C)c1. The highest BCUT2D eigenvalue weighted by molar-refractivity contribution is 7.89. The van der Waals surface area contributed by atoms with Crippen molar-refractivity contribution in [1.82, 2.24) is 9.21 Å². The Morgan fingerprint density at radius 3 is 2.15 bits per heavy atom. The number of sulfonamides is 1. The predicted molar refractivity (Wildman–Crippen MR) is 108 cm³/mol. The van der Waals surface area contributed by atoms with E-state index in [2.05, 4.69) is 36.1 Å². The van der Waals surface area contributed by atoms with E-state index >= 15 is 0 Å². The minimum absolute atomic E-state index is 0.412. The van der Waals surface area contributed by atoms with E-state index < -0.39 is 10.0 Å². The van der Waals surface area contributed by atoms with Crippen LogP contribution in [0.15, 0.2) is 41.3 Å². The first-order chi connectivity index (χ1) is 12.8. The fraction of sp³-hybridized carbons (Fsp3) is 0.429. The molecule has 146 valence electrons. The van der Waals surface area contributed by atoms with Gasteiger partial charge in [0, 0.05) is 32.7 Å². The van der Waals surface area contributed by atoms with Gasteiger partial charge in [0.2, 0.25) is 10.0 Å². The molecular weight excluding hydrogens is 360 g/mol. The van der Waals surface area contributed by atoms with E-state index in [0.29, 0.717) is 23.7 Å². The minimum Gasteiger partial charge on any atom is -0.497 e. The Morgan fingerprint density at radius 1 is 0.963 bits per heavy atom. The van der Waals surface area contributed by atoms with Gasteiger partial charge in [0.15, 0.2) is 0 Å². The van der Waals surface area contributed by atoms with Gasteiger partial charge in [0.25, 0.3) is 0 Å². The summed E-state index contributed by atoms with van der Waals surface area (Å²) in [6, 6.07) is 12.0. The quantitative estimate of drug-likeness (QED) is 0.790. The molecule has 1 aliphatic heterocycles. The number of ether oxygens (including phenoxy) is 1. The zero-order chi connectivity index (χ0) is 19.6. The lowest BCUT2D eigenvalue weighted by atomic mass is 10.1. The molecular formula is C21H28N2O3S. The van der Waals surface area contributed by atoms with Gasteiger partial charge in [-0.1, -0.05) is 29.8 Å². The number of benzene rings is 2. The number of methoxy groups -OCH3 is 1. The first kappa shape index (κ1) is 19.9. The third kappa shape index (κ3) is 4.34. The lowest BCUT2D eigenvalue weighted by Gasteiger charge is -2.34. The molecule has 0 saturated carbocycles. The monoisotopic (exact) mass is 388 g/mol. The Morgan fingerprint density at radius 2 is 1.59 bits per heavy atom. The fourth-order valence-corrected chi connectivity index (χ4v) is 5.59. The van der Waals surface area contributed by atoms with Gasteiger partial charge >= 0.3 is 0 Å². The van der Waals surface area contributed by atoms with Gasteiger partial charge in [0.1, 0.15) is 5.75 Å². The topological polar surface area (TPSA) is 49.9 Å². The van der Waals surface area contributed by atoms with Crippen LogP contribution in [-0.4, -0.2) is 50.9 Å². The number of piperazine rings is 1. The predicted octanol–water partition coefficient (Wildman–Crippen LogP) is 3.13. The zero-order valence-electron chi connectivity index (χ0n) is 16.5. The molecule has 0 amide bonds. The van der Waals surface area contributed by atoms with Crippen LogP contribution < -0.4 is 4.74 Å². The van der Waals surface area contributed by atoms with Crippen LogP contribution in [0, 0.1) is 20.8 Å². The maximum atomic E-state index is 13.2. The van der Waals surface area contributed by atoms with Crippen molar-refractivity contribution in [2.45, 2.75) is 32.2 Å². The maximum absolute atomic E-state index is 13.2. The van der Waals surface area contributed by atoms with Crippen LogP contribution in [0.2, 0.25) is 0 Å². The molecule has 5 nitrogen and oxygen atoms in total. The average molecular weight is 389 g/mol. The molecule has 1 aliphatic rings. The van der Waals surface area contributed by atoms with Gasteiger partial charge in [-0.05, 0) is 49.6 Å². The number of hydrogen-bond acceptors (Lipinski definition) is 4. The molecule has 6 heteroatoms. The minimum atomic E-state index is -3.50. The lowest BCUT2D eigenvalue weighted by Crippen LogP contribution is -2.48. The van der Waals surface area contributed by atoms with Crippen LogP contribution in [0.1, 0.15) is 22.3 Å². The Labute approximate surface area is 162 Å². The summed E-state index contributed by atoms with van der Waals surface area (Å²) >= 11 is 0. The first-order valence-electron chi connectivity index (χ1n) is 9.24. The highest BCUT2D eigenvalue weighted by Crippen LogP contribution is 2.29. The summed E-state index contributed by atoms with van der Waals surface area (Å²) in [5.74, 6) is 0.687. The molecule has 0 unspecified atom stereocenters. The summed E-state index contributed by atoms with van der Waals surface area (Å²) in [4.78, 5) is 2.73. The molecule has 27 heavy (non-hydrogen) atoms. The fourth-order valence-electron chi connectivity index (χ4n) is 3.76. The van der Waals surface area contributed by atoms with E-state index in [9.17, 15) is 8.42 Å². The number of aryl methyl sites for hydroxylation is 3. The Bertz CT molecular complexity index is 894.